The van der Waals surface area contributed by atoms with Crippen LogP contribution in [0.4, 0.5) is 18.9 Å². The van der Waals surface area contributed by atoms with E-state index in [1.54, 1.807) is 6.92 Å². The summed E-state index contributed by atoms with van der Waals surface area (Å²) in [6.07, 6.45) is -4.61. The molecule has 2 aromatic rings. The number of nitrogens with zero attached hydrogens (tertiary/aromatic N) is 1. The highest BCUT2D eigenvalue weighted by Crippen LogP contribution is 2.32. The second-order valence-electron chi connectivity index (χ2n) is 4.96. The topological polar surface area (TPSA) is 59.1 Å². The summed E-state index contributed by atoms with van der Waals surface area (Å²) in [5, 5.41) is 0.196. The highest BCUT2D eigenvalue weighted by Gasteiger charge is 2.33. The molecule has 0 amide bonds. The summed E-state index contributed by atoms with van der Waals surface area (Å²) in [4.78, 5) is 3.14. The first-order valence-corrected chi connectivity index (χ1v) is 8.69. The highest BCUT2D eigenvalue weighted by molar-refractivity contribution is 7.92. The van der Waals surface area contributed by atoms with E-state index < -0.39 is 21.9 Å². The highest BCUT2D eigenvalue weighted by atomic mass is 35.5. The van der Waals surface area contributed by atoms with Crippen molar-refractivity contribution in [3.63, 3.8) is 0 Å². The quantitative estimate of drug-likeness (QED) is 0.805. The summed E-state index contributed by atoms with van der Waals surface area (Å²) >= 11 is 11.8. The summed E-state index contributed by atoms with van der Waals surface area (Å²) in [6, 6.07) is 4.25. The molecule has 0 aliphatic rings. The number of hydrogen-bond donors (Lipinski definition) is 1. The molecule has 130 valence electrons. The maximum atomic E-state index is 12.6. The van der Waals surface area contributed by atoms with Crippen LogP contribution in [-0.2, 0) is 16.2 Å². The van der Waals surface area contributed by atoms with Crippen LogP contribution < -0.4 is 4.72 Å². The van der Waals surface area contributed by atoms with Crippen molar-refractivity contribution in [2.24, 2.45) is 0 Å². The van der Waals surface area contributed by atoms with Crippen molar-refractivity contribution in [3.8, 4) is 0 Å². The molecule has 1 aromatic heterocycles. The summed E-state index contributed by atoms with van der Waals surface area (Å²) in [5.41, 5.74) is -0.811. The number of pyridine rings is 1. The van der Waals surface area contributed by atoms with Gasteiger partial charge in [0.05, 0.1) is 16.4 Å². The van der Waals surface area contributed by atoms with E-state index >= 15 is 0 Å². The Balaban J connectivity index is 2.42. The van der Waals surface area contributed by atoms with Crippen LogP contribution in [0.3, 0.4) is 0 Å². The number of anilines is 1. The number of aryl methyl sites for hydroxylation is 2. The van der Waals surface area contributed by atoms with Crippen LogP contribution in [0.1, 0.15) is 17.0 Å². The number of halogens is 5. The predicted molar refractivity (Wildman–Crippen MR) is 86.0 cm³/mol. The normalized spacial score (nSPS) is 12.3. The molecule has 1 N–H and O–H groups in total. The smallest absolute Gasteiger partial charge is 0.278 e. The zero-order valence-corrected chi connectivity index (χ0v) is 14.7. The van der Waals surface area contributed by atoms with Gasteiger partial charge in [-0.2, -0.15) is 13.2 Å². The summed E-state index contributed by atoms with van der Waals surface area (Å²) < 4.78 is 64.9. The minimum Gasteiger partial charge on any atom is -0.278 e. The lowest BCUT2D eigenvalue weighted by molar-refractivity contribution is -0.141. The second-order valence-corrected chi connectivity index (χ2v) is 7.43. The third-order valence-electron chi connectivity index (χ3n) is 3.12. The number of nitrogens with one attached hydrogen (secondary N) is 1. The Bertz CT molecular complexity index is 900. The molecule has 24 heavy (non-hydrogen) atoms. The van der Waals surface area contributed by atoms with E-state index in [2.05, 4.69) is 9.71 Å². The molecule has 0 aliphatic heterocycles. The molecule has 0 fully saturated rings. The SMILES string of the molecule is Cc1cc(S(=O)(=O)Nc2ccc(C(F)(F)F)nc2C)c(Cl)cc1Cl. The zero-order valence-electron chi connectivity index (χ0n) is 12.4. The second kappa shape index (κ2) is 6.42. The lowest BCUT2D eigenvalue weighted by Crippen LogP contribution is -2.16. The Labute approximate surface area is 146 Å². The molecule has 0 spiro atoms. The molecular formula is C14H11Cl2F3N2O2S. The lowest BCUT2D eigenvalue weighted by atomic mass is 10.2. The van der Waals surface area contributed by atoms with Crippen molar-refractivity contribution >= 4 is 38.9 Å². The number of hydrogen-bond acceptors (Lipinski definition) is 3. The fraction of sp³-hybridized carbons (Fsp3) is 0.214. The van der Waals surface area contributed by atoms with E-state index in [0.29, 0.717) is 16.7 Å². The number of rotatable bonds is 3. The van der Waals surface area contributed by atoms with Crippen LogP contribution in [0.5, 0.6) is 0 Å². The van der Waals surface area contributed by atoms with E-state index in [1.165, 1.54) is 19.1 Å². The average Bonchev–Trinajstić information content (AvgIpc) is 2.43. The number of benzene rings is 1. The van der Waals surface area contributed by atoms with Crippen molar-refractivity contribution in [3.05, 3.63) is 51.3 Å². The molecule has 0 bridgehead atoms. The standard InChI is InChI=1S/C14H11Cl2F3N2O2S/c1-7-5-12(10(16)6-9(7)15)24(22,23)21-11-3-4-13(14(17,18)19)20-8(11)2/h3-6,21H,1-2H3. The van der Waals surface area contributed by atoms with Gasteiger partial charge in [-0.25, -0.2) is 13.4 Å². The lowest BCUT2D eigenvalue weighted by Gasteiger charge is -2.14. The van der Waals surface area contributed by atoms with Gasteiger partial charge in [-0.15, -0.1) is 0 Å². The molecular weight excluding hydrogens is 388 g/mol. The van der Waals surface area contributed by atoms with Crippen molar-refractivity contribution in [2.75, 3.05) is 4.72 Å². The van der Waals surface area contributed by atoms with Crippen LogP contribution in [0.15, 0.2) is 29.2 Å². The van der Waals surface area contributed by atoms with Crippen LogP contribution in [0.2, 0.25) is 10.0 Å². The van der Waals surface area contributed by atoms with Crippen LogP contribution in [0, 0.1) is 13.8 Å². The molecule has 10 heteroatoms. The Kier molecular flexibility index (Phi) is 5.03. The molecule has 1 heterocycles. The van der Waals surface area contributed by atoms with Crippen molar-refractivity contribution in [1.82, 2.24) is 4.98 Å². The van der Waals surface area contributed by atoms with Gasteiger partial charge in [-0.05, 0) is 43.7 Å². The van der Waals surface area contributed by atoms with Gasteiger partial charge in [0.25, 0.3) is 10.0 Å². The number of sulfonamides is 1. The fourth-order valence-electron chi connectivity index (χ4n) is 1.86. The third kappa shape index (κ3) is 3.93. The fourth-order valence-corrected chi connectivity index (χ4v) is 3.81. The molecule has 0 unspecified atom stereocenters. The molecule has 1 aromatic carbocycles. The molecule has 4 nitrogen and oxygen atoms in total. The van der Waals surface area contributed by atoms with Crippen LogP contribution >= 0.6 is 23.2 Å². The van der Waals surface area contributed by atoms with Crippen LogP contribution in [0.25, 0.3) is 0 Å². The number of alkyl halides is 3. The molecule has 2 rings (SSSR count). The molecule has 0 radical (unpaired) electrons. The van der Waals surface area contributed by atoms with Crippen LogP contribution in [-0.4, -0.2) is 13.4 Å². The van der Waals surface area contributed by atoms with E-state index in [0.717, 1.165) is 6.07 Å². The Morgan fingerprint density at radius 3 is 2.25 bits per heavy atom. The van der Waals surface area contributed by atoms with Gasteiger partial charge in [0.15, 0.2) is 0 Å². The van der Waals surface area contributed by atoms with E-state index in [4.69, 9.17) is 23.2 Å². The maximum Gasteiger partial charge on any atom is 0.433 e. The summed E-state index contributed by atoms with van der Waals surface area (Å²) in [7, 11) is -4.12. The van der Waals surface area contributed by atoms with Crippen molar-refractivity contribution in [1.29, 1.82) is 0 Å². The van der Waals surface area contributed by atoms with Gasteiger partial charge < -0.3 is 0 Å². The molecule has 0 aliphatic carbocycles. The molecule has 0 saturated carbocycles. The van der Waals surface area contributed by atoms with E-state index in [1.807, 2.05) is 0 Å². The average molecular weight is 399 g/mol. The van der Waals surface area contributed by atoms with Gasteiger partial charge in [-0.1, -0.05) is 23.2 Å². The van der Waals surface area contributed by atoms with Gasteiger partial charge in [0.2, 0.25) is 0 Å². The number of aromatic nitrogens is 1. The largest absolute Gasteiger partial charge is 0.433 e. The monoisotopic (exact) mass is 398 g/mol. The summed E-state index contributed by atoms with van der Waals surface area (Å²) in [6.45, 7) is 2.87. The van der Waals surface area contributed by atoms with E-state index in [9.17, 15) is 21.6 Å². The predicted octanol–water partition coefficient (Wildman–Crippen LogP) is 4.82. The zero-order chi connectivity index (χ0) is 18.3. The summed E-state index contributed by atoms with van der Waals surface area (Å²) in [5.74, 6) is 0. The van der Waals surface area contributed by atoms with E-state index in [-0.39, 0.29) is 21.3 Å². The van der Waals surface area contributed by atoms with Crippen molar-refractivity contribution < 1.29 is 21.6 Å². The first-order chi connectivity index (χ1) is 10.9. The first kappa shape index (κ1) is 18.8. The first-order valence-electron chi connectivity index (χ1n) is 6.45. The van der Waals surface area contributed by atoms with Crippen molar-refractivity contribution in [2.45, 2.75) is 24.9 Å². The minimum absolute atomic E-state index is 0.0772. The maximum absolute atomic E-state index is 12.6. The Morgan fingerprint density at radius 2 is 1.71 bits per heavy atom. The van der Waals surface area contributed by atoms with Gasteiger partial charge >= 0.3 is 6.18 Å². The minimum atomic E-state index is -4.61. The van der Waals surface area contributed by atoms with Gasteiger partial charge in [-0.3, -0.25) is 4.72 Å². The Morgan fingerprint density at radius 1 is 1.08 bits per heavy atom. The third-order valence-corrected chi connectivity index (χ3v) is 5.36. The van der Waals surface area contributed by atoms with Gasteiger partial charge in [0, 0.05) is 5.02 Å². The Hall–Kier alpha value is -1.51. The molecule has 0 saturated heterocycles. The molecule has 0 atom stereocenters. The van der Waals surface area contributed by atoms with Gasteiger partial charge in [0.1, 0.15) is 10.6 Å².